The van der Waals surface area contributed by atoms with Crippen LogP contribution in [-0.2, 0) is 4.79 Å². The number of hydrogen-bond acceptors (Lipinski definition) is 3. The van der Waals surface area contributed by atoms with Crippen LogP contribution in [0.2, 0.25) is 0 Å². The number of aliphatic carboxylic acids is 1. The number of rotatable bonds is 17. The van der Waals surface area contributed by atoms with Crippen molar-refractivity contribution >= 4 is 5.97 Å². The molecule has 0 aliphatic carbocycles. The molecule has 0 atom stereocenters. The third-order valence-corrected chi connectivity index (χ3v) is 4.29. The van der Waals surface area contributed by atoms with E-state index < -0.39 is 5.97 Å². The zero-order valence-electron chi connectivity index (χ0n) is 16.1. The summed E-state index contributed by atoms with van der Waals surface area (Å²) in [4.78, 5) is 13.0. The molecular formula is C19H38KNO2. The number of carbonyl (C=O) groups excluding carboxylic acids is 1. The first-order chi connectivity index (χ1) is 10.7. The summed E-state index contributed by atoms with van der Waals surface area (Å²) in [6, 6.07) is 0. The maximum Gasteiger partial charge on any atom is 1.00 e. The fourth-order valence-corrected chi connectivity index (χ4v) is 2.82. The monoisotopic (exact) mass is 351 g/mol. The summed E-state index contributed by atoms with van der Waals surface area (Å²) in [5, 5.41) is 10.7. The third kappa shape index (κ3) is 21.0. The SMILES string of the molecule is CCCCCCCCN(CCCCCCCC)CCC(=O)[O-].[K+]. The smallest absolute Gasteiger partial charge is 0.550 e. The van der Waals surface area contributed by atoms with E-state index in [9.17, 15) is 9.90 Å². The summed E-state index contributed by atoms with van der Waals surface area (Å²) < 4.78 is 0. The van der Waals surface area contributed by atoms with E-state index in [1.165, 1.54) is 77.0 Å². The summed E-state index contributed by atoms with van der Waals surface area (Å²) in [6.07, 6.45) is 15.7. The number of nitrogens with zero attached hydrogens (tertiary/aromatic N) is 1. The van der Waals surface area contributed by atoms with Gasteiger partial charge in [-0.2, -0.15) is 0 Å². The Morgan fingerprint density at radius 3 is 1.48 bits per heavy atom. The summed E-state index contributed by atoms with van der Waals surface area (Å²) >= 11 is 0. The van der Waals surface area contributed by atoms with Gasteiger partial charge in [-0.3, -0.25) is 0 Å². The molecule has 0 saturated carbocycles. The molecule has 3 nitrogen and oxygen atoms in total. The molecule has 0 N–H and O–H groups in total. The first-order valence-electron chi connectivity index (χ1n) is 9.62. The number of unbranched alkanes of at least 4 members (excludes halogenated alkanes) is 10. The molecule has 4 heteroatoms. The van der Waals surface area contributed by atoms with Crippen molar-refractivity contribution in [3.8, 4) is 0 Å². The molecule has 0 saturated heterocycles. The Balaban J connectivity index is 0. The average molecular weight is 352 g/mol. The second-order valence-electron chi connectivity index (χ2n) is 6.50. The molecule has 0 aromatic carbocycles. The van der Waals surface area contributed by atoms with E-state index in [0.29, 0.717) is 6.54 Å². The van der Waals surface area contributed by atoms with Crippen LogP contribution in [0.4, 0.5) is 0 Å². The Bertz CT molecular complexity index is 234. The fraction of sp³-hybridized carbons (Fsp3) is 0.947. The van der Waals surface area contributed by atoms with Gasteiger partial charge in [0.05, 0.1) is 0 Å². The molecule has 0 aliphatic heterocycles. The van der Waals surface area contributed by atoms with Gasteiger partial charge in [0.2, 0.25) is 0 Å². The molecule has 0 aromatic heterocycles. The van der Waals surface area contributed by atoms with Crippen molar-refractivity contribution < 1.29 is 61.3 Å². The predicted molar refractivity (Wildman–Crippen MR) is 92.8 cm³/mol. The number of carboxylic acid groups (broad SMARTS) is 1. The van der Waals surface area contributed by atoms with Crippen molar-refractivity contribution in [1.82, 2.24) is 4.90 Å². The first-order valence-corrected chi connectivity index (χ1v) is 9.62. The van der Waals surface area contributed by atoms with Gasteiger partial charge in [-0.1, -0.05) is 78.1 Å². The van der Waals surface area contributed by atoms with Gasteiger partial charge in [0, 0.05) is 12.5 Å². The maximum atomic E-state index is 10.7. The molecule has 0 fully saturated rings. The van der Waals surface area contributed by atoms with Crippen LogP contribution in [0.25, 0.3) is 0 Å². The Morgan fingerprint density at radius 1 is 0.696 bits per heavy atom. The molecule has 23 heavy (non-hydrogen) atoms. The van der Waals surface area contributed by atoms with Crippen LogP contribution in [0.3, 0.4) is 0 Å². The van der Waals surface area contributed by atoms with Gasteiger partial charge in [-0.15, -0.1) is 0 Å². The van der Waals surface area contributed by atoms with Crippen molar-refractivity contribution in [2.24, 2.45) is 0 Å². The molecule has 132 valence electrons. The van der Waals surface area contributed by atoms with E-state index in [1.54, 1.807) is 0 Å². The van der Waals surface area contributed by atoms with Gasteiger partial charge in [0.1, 0.15) is 0 Å². The van der Waals surface area contributed by atoms with E-state index in [2.05, 4.69) is 18.7 Å². The van der Waals surface area contributed by atoms with Gasteiger partial charge < -0.3 is 14.8 Å². The summed E-state index contributed by atoms with van der Waals surface area (Å²) in [5.41, 5.74) is 0. The third-order valence-electron chi connectivity index (χ3n) is 4.29. The zero-order valence-corrected chi connectivity index (χ0v) is 19.2. The van der Waals surface area contributed by atoms with E-state index in [4.69, 9.17) is 0 Å². The van der Waals surface area contributed by atoms with E-state index >= 15 is 0 Å². The van der Waals surface area contributed by atoms with Gasteiger partial charge >= 0.3 is 51.4 Å². The summed E-state index contributed by atoms with van der Waals surface area (Å²) in [6.45, 7) is 7.24. The van der Waals surface area contributed by atoms with Gasteiger partial charge in [0.25, 0.3) is 0 Å². The average Bonchev–Trinajstić information content (AvgIpc) is 2.50. The van der Waals surface area contributed by atoms with E-state index in [0.717, 1.165) is 13.1 Å². The normalized spacial score (nSPS) is 10.7. The molecule has 0 heterocycles. The second kappa shape index (κ2) is 21.1. The molecule has 0 rings (SSSR count). The first kappa shape index (κ1) is 26.3. The number of carboxylic acids is 1. The second-order valence-corrected chi connectivity index (χ2v) is 6.50. The van der Waals surface area contributed by atoms with Crippen LogP contribution in [-0.4, -0.2) is 30.5 Å². The molecule has 0 amide bonds. The van der Waals surface area contributed by atoms with Crippen molar-refractivity contribution in [2.45, 2.75) is 97.3 Å². The predicted octanol–water partition coefficient (Wildman–Crippen LogP) is 1.15. The van der Waals surface area contributed by atoms with Crippen molar-refractivity contribution in [1.29, 1.82) is 0 Å². The summed E-state index contributed by atoms with van der Waals surface area (Å²) in [5.74, 6) is -0.920. The Kier molecular flexibility index (Phi) is 24.1. The molecule has 0 aliphatic rings. The molecule has 0 unspecified atom stereocenters. The van der Waals surface area contributed by atoms with Gasteiger partial charge in [-0.05, 0) is 32.4 Å². The largest absolute Gasteiger partial charge is 1.00 e. The van der Waals surface area contributed by atoms with Crippen LogP contribution in [0.1, 0.15) is 97.3 Å². The Hall–Kier alpha value is 1.07. The minimum atomic E-state index is -0.920. The fourth-order valence-electron chi connectivity index (χ4n) is 2.82. The van der Waals surface area contributed by atoms with Crippen molar-refractivity contribution in [2.75, 3.05) is 19.6 Å². The quantitative estimate of drug-likeness (QED) is 0.292. The molecule has 0 aromatic rings. The van der Waals surface area contributed by atoms with E-state index in [1.807, 2.05) is 0 Å². The topological polar surface area (TPSA) is 43.4 Å². The van der Waals surface area contributed by atoms with Crippen LogP contribution in [0, 0.1) is 0 Å². The Labute approximate surface area is 187 Å². The zero-order chi connectivity index (χ0) is 16.5. The van der Waals surface area contributed by atoms with E-state index in [-0.39, 0.29) is 57.8 Å². The van der Waals surface area contributed by atoms with Gasteiger partial charge in [-0.25, -0.2) is 0 Å². The molecule has 0 spiro atoms. The van der Waals surface area contributed by atoms with Gasteiger partial charge in [0.15, 0.2) is 0 Å². The van der Waals surface area contributed by atoms with Crippen LogP contribution in [0.15, 0.2) is 0 Å². The van der Waals surface area contributed by atoms with Crippen LogP contribution in [0.5, 0.6) is 0 Å². The Morgan fingerprint density at radius 2 is 1.09 bits per heavy atom. The summed E-state index contributed by atoms with van der Waals surface area (Å²) in [7, 11) is 0. The number of carbonyl (C=O) groups is 1. The molecular weight excluding hydrogens is 313 g/mol. The van der Waals surface area contributed by atoms with Crippen molar-refractivity contribution in [3.63, 3.8) is 0 Å². The van der Waals surface area contributed by atoms with Crippen LogP contribution >= 0.6 is 0 Å². The minimum absolute atomic E-state index is 0. The molecule has 0 bridgehead atoms. The van der Waals surface area contributed by atoms with Crippen molar-refractivity contribution in [3.05, 3.63) is 0 Å². The molecule has 0 radical (unpaired) electrons. The maximum absolute atomic E-state index is 10.7. The minimum Gasteiger partial charge on any atom is -0.550 e. The van der Waals surface area contributed by atoms with Crippen LogP contribution < -0.4 is 56.5 Å². The number of hydrogen-bond donors (Lipinski definition) is 0. The standard InChI is InChI=1S/C19H39NO2.K/c1-3-5-7-9-11-13-16-20(18-15-19(21)22)17-14-12-10-8-6-4-2;/h3-18H2,1-2H3,(H,21,22);/q;+1/p-1.